The monoisotopic (exact) mass is 157 g/mol. The lowest BCUT2D eigenvalue weighted by molar-refractivity contribution is 0.259. The first-order chi connectivity index (χ1) is 5.13. The van der Waals surface area contributed by atoms with Crippen LogP contribution < -0.4 is 5.32 Å². The number of nitrogens with one attached hydrogen (secondary N) is 1. The van der Waals surface area contributed by atoms with Gasteiger partial charge in [0.15, 0.2) is 0 Å². The number of hydrogen-bond donors (Lipinski definition) is 1. The number of hydrogen-bond acceptors (Lipinski definition) is 1. The normalized spacial score (nSPS) is 16.9. The van der Waals surface area contributed by atoms with Crippen molar-refractivity contribution in [2.24, 2.45) is 17.8 Å². The Morgan fingerprint density at radius 3 is 2.00 bits per heavy atom. The molecule has 0 amide bonds. The minimum atomic E-state index is 0.803. The maximum absolute atomic E-state index is 3.26. The van der Waals surface area contributed by atoms with Crippen molar-refractivity contribution < 1.29 is 0 Å². The van der Waals surface area contributed by atoms with Crippen molar-refractivity contribution >= 4 is 0 Å². The molecule has 11 heavy (non-hydrogen) atoms. The molecule has 1 heteroatoms. The number of rotatable bonds is 5. The second-order valence-corrected chi connectivity index (χ2v) is 3.85. The molecule has 1 unspecified atom stereocenters. The Morgan fingerprint density at radius 1 is 1.18 bits per heavy atom. The van der Waals surface area contributed by atoms with Crippen LogP contribution in [0.2, 0.25) is 0 Å². The smallest absolute Gasteiger partial charge is 0.00185 e. The van der Waals surface area contributed by atoms with Crippen LogP contribution in [0.25, 0.3) is 0 Å². The lowest BCUT2D eigenvalue weighted by Gasteiger charge is -2.26. The lowest BCUT2D eigenvalue weighted by Crippen LogP contribution is -2.28. The standard InChI is InChI=1S/C10H23N/c1-6-9(4)10(7-11-5)8(2)3/h8-11H,6-7H2,1-5H3/t9-,10?/m0/s1. The fourth-order valence-corrected chi connectivity index (χ4v) is 1.63. The maximum Gasteiger partial charge on any atom is -0.00185 e. The van der Waals surface area contributed by atoms with Crippen molar-refractivity contribution in [1.82, 2.24) is 5.32 Å². The van der Waals surface area contributed by atoms with E-state index in [2.05, 4.69) is 33.0 Å². The summed E-state index contributed by atoms with van der Waals surface area (Å²) in [5.41, 5.74) is 0. The van der Waals surface area contributed by atoms with Crippen LogP contribution in [0.1, 0.15) is 34.1 Å². The van der Waals surface area contributed by atoms with Crippen molar-refractivity contribution in [3.8, 4) is 0 Å². The van der Waals surface area contributed by atoms with Gasteiger partial charge in [0.1, 0.15) is 0 Å². The van der Waals surface area contributed by atoms with Crippen LogP contribution in [-0.4, -0.2) is 13.6 Å². The van der Waals surface area contributed by atoms with Gasteiger partial charge in [-0.05, 0) is 31.3 Å². The first kappa shape index (κ1) is 11.0. The van der Waals surface area contributed by atoms with Crippen molar-refractivity contribution in [2.45, 2.75) is 34.1 Å². The fourth-order valence-electron chi connectivity index (χ4n) is 1.63. The molecular formula is C10H23N. The molecule has 0 saturated heterocycles. The third-order valence-electron chi connectivity index (χ3n) is 2.67. The summed E-state index contributed by atoms with van der Waals surface area (Å²) in [4.78, 5) is 0. The second kappa shape index (κ2) is 5.59. The molecule has 0 radical (unpaired) electrons. The highest BCUT2D eigenvalue weighted by Gasteiger charge is 2.17. The van der Waals surface area contributed by atoms with E-state index in [4.69, 9.17) is 0 Å². The van der Waals surface area contributed by atoms with E-state index >= 15 is 0 Å². The van der Waals surface area contributed by atoms with E-state index in [1.165, 1.54) is 6.42 Å². The highest BCUT2D eigenvalue weighted by Crippen LogP contribution is 2.22. The summed E-state index contributed by atoms with van der Waals surface area (Å²) in [7, 11) is 2.04. The molecule has 0 aliphatic carbocycles. The third-order valence-corrected chi connectivity index (χ3v) is 2.67. The van der Waals surface area contributed by atoms with Crippen molar-refractivity contribution in [1.29, 1.82) is 0 Å². The molecule has 0 fully saturated rings. The van der Waals surface area contributed by atoms with Gasteiger partial charge >= 0.3 is 0 Å². The van der Waals surface area contributed by atoms with E-state index in [0.717, 1.165) is 24.3 Å². The SMILES string of the molecule is CC[C@H](C)C(CNC)C(C)C. The Labute approximate surface area is 71.6 Å². The zero-order valence-electron chi connectivity index (χ0n) is 8.65. The minimum absolute atomic E-state index is 0.803. The highest BCUT2D eigenvalue weighted by atomic mass is 14.8. The van der Waals surface area contributed by atoms with Crippen molar-refractivity contribution in [2.75, 3.05) is 13.6 Å². The van der Waals surface area contributed by atoms with Crippen molar-refractivity contribution in [3.63, 3.8) is 0 Å². The van der Waals surface area contributed by atoms with Gasteiger partial charge in [-0.25, -0.2) is 0 Å². The van der Waals surface area contributed by atoms with E-state index in [1.54, 1.807) is 0 Å². The summed E-state index contributed by atoms with van der Waals surface area (Å²) in [5.74, 6) is 2.49. The molecule has 0 aromatic heterocycles. The van der Waals surface area contributed by atoms with Gasteiger partial charge in [0, 0.05) is 0 Å². The highest BCUT2D eigenvalue weighted by molar-refractivity contribution is 4.70. The fraction of sp³-hybridized carbons (Fsp3) is 1.00. The molecule has 0 aromatic rings. The molecule has 0 heterocycles. The summed E-state index contributed by atoms with van der Waals surface area (Å²) in [6.07, 6.45) is 1.30. The Kier molecular flexibility index (Phi) is 5.57. The van der Waals surface area contributed by atoms with Gasteiger partial charge in [-0.1, -0.05) is 34.1 Å². The summed E-state index contributed by atoms with van der Waals surface area (Å²) in [6.45, 7) is 10.4. The quantitative estimate of drug-likeness (QED) is 0.646. The first-order valence-corrected chi connectivity index (χ1v) is 4.78. The largest absolute Gasteiger partial charge is 0.319 e. The van der Waals surface area contributed by atoms with E-state index < -0.39 is 0 Å². The molecule has 68 valence electrons. The first-order valence-electron chi connectivity index (χ1n) is 4.78. The van der Waals surface area contributed by atoms with Gasteiger partial charge < -0.3 is 5.32 Å². The molecule has 0 aliphatic heterocycles. The van der Waals surface area contributed by atoms with Crippen LogP contribution >= 0.6 is 0 Å². The van der Waals surface area contributed by atoms with Crippen LogP contribution in [0.5, 0.6) is 0 Å². The average molecular weight is 157 g/mol. The predicted molar refractivity (Wildman–Crippen MR) is 51.7 cm³/mol. The summed E-state index contributed by atoms with van der Waals surface area (Å²) in [5, 5.41) is 3.26. The lowest BCUT2D eigenvalue weighted by atomic mass is 9.83. The Morgan fingerprint density at radius 2 is 1.73 bits per heavy atom. The van der Waals surface area contributed by atoms with E-state index in [1.807, 2.05) is 7.05 Å². The van der Waals surface area contributed by atoms with Gasteiger partial charge in [0.25, 0.3) is 0 Å². The molecule has 0 spiro atoms. The predicted octanol–water partition coefficient (Wildman–Crippen LogP) is 2.52. The van der Waals surface area contributed by atoms with Gasteiger partial charge in [0.2, 0.25) is 0 Å². The molecule has 0 aromatic carbocycles. The van der Waals surface area contributed by atoms with Crippen LogP contribution in [0.15, 0.2) is 0 Å². The Bertz CT molecular complexity index is 88.9. The van der Waals surface area contributed by atoms with Crippen molar-refractivity contribution in [3.05, 3.63) is 0 Å². The Hall–Kier alpha value is -0.0400. The second-order valence-electron chi connectivity index (χ2n) is 3.85. The minimum Gasteiger partial charge on any atom is -0.319 e. The van der Waals surface area contributed by atoms with Gasteiger partial charge in [0.05, 0.1) is 0 Å². The molecule has 1 nitrogen and oxygen atoms in total. The molecule has 2 atom stereocenters. The molecule has 0 bridgehead atoms. The van der Waals surface area contributed by atoms with Gasteiger partial charge in [-0.3, -0.25) is 0 Å². The van der Waals surface area contributed by atoms with Crippen LogP contribution in [0.4, 0.5) is 0 Å². The van der Waals surface area contributed by atoms with E-state index in [9.17, 15) is 0 Å². The maximum atomic E-state index is 3.26. The zero-order chi connectivity index (χ0) is 8.85. The summed E-state index contributed by atoms with van der Waals surface area (Å²) < 4.78 is 0. The van der Waals surface area contributed by atoms with Gasteiger partial charge in [-0.15, -0.1) is 0 Å². The van der Waals surface area contributed by atoms with E-state index in [-0.39, 0.29) is 0 Å². The molecule has 0 rings (SSSR count). The van der Waals surface area contributed by atoms with E-state index in [0.29, 0.717) is 0 Å². The summed E-state index contributed by atoms with van der Waals surface area (Å²) in [6, 6.07) is 0. The topological polar surface area (TPSA) is 12.0 Å². The summed E-state index contributed by atoms with van der Waals surface area (Å²) >= 11 is 0. The molecule has 0 saturated carbocycles. The van der Waals surface area contributed by atoms with Crippen LogP contribution in [0.3, 0.4) is 0 Å². The van der Waals surface area contributed by atoms with Gasteiger partial charge in [-0.2, -0.15) is 0 Å². The molecule has 0 aliphatic rings. The molecule has 1 N–H and O–H groups in total. The van der Waals surface area contributed by atoms with Crippen LogP contribution in [0, 0.1) is 17.8 Å². The van der Waals surface area contributed by atoms with Crippen LogP contribution in [-0.2, 0) is 0 Å². The third kappa shape index (κ3) is 3.76. The Balaban J connectivity index is 3.87. The molecular weight excluding hydrogens is 134 g/mol. The average Bonchev–Trinajstić information content (AvgIpc) is 1.98. The zero-order valence-corrected chi connectivity index (χ0v) is 8.65.